The molecule has 1 N–H and O–H groups in total. The number of nitrogens with one attached hydrogen (secondary N) is 1. The first-order valence-electron chi connectivity index (χ1n) is 8.03. The van der Waals surface area contributed by atoms with Gasteiger partial charge in [-0.3, -0.25) is 9.59 Å². The van der Waals surface area contributed by atoms with Crippen LogP contribution in [0.4, 0.5) is 13.2 Å². The summed E-state index contributed by atoms with van der Waals surface area (Å²) in [5, 5.41) is 1.91. The van der Waals surface area contributed by atoms with Crippen LogP contribution in [0.5, 0.6) is 5.75 Å². The molecule has 0 radical (unpaired) electrons. The summed E-state index contributed by atoms with van der Waals surface area (Å²) < 4.78 is 41.5. The molecular formula is C17H21F3N2O3. The van der Waals surface area contributed by atoms with E-state index in [1.165, 1.54) is 0 Å². The average Bonchev–Trinajstić information content (AvgIpc) is 2.60. The molecule has 2 amide bonds. The Labute approximate surface area is 144 Å². The number of hydrogen-bond donors (Lipinski definition) is 1. The number of carbonyl (C=O) groups is 2. The van der Waals surface area contributed by atoms with Crippen molar-refractivity contribution >= 4 is 11.8 Å². The lowest BCUT2D eigenvalue weighted by Crippen LogP contribution is -2.45. The van der Waals surface area contributed by atoms with E-state index in [-0.39, 0.29) is 12.3 Å². The summed E-state index contributed by atoms with van der Waals surface area (Å²) in [7, 11) is 1.56. The Bertz CT molecular complexity index is 594. The molecule has 1 aromatic rings. The SMILES string of the molecule is COc1ccc(CC(=O)N2CCC(C(=O)NCC(F)(F)F)CC2)cc1. The highest BCUT2D eigenvalue weighted by molar-refractivity contribution is 5.81. The summed E-state index contributed by atoms with van der Waals surface area (Å²) >= 11 is 0. The van der Waals surface area contributed by atoms with Crippen LogP contribution in [0.15, 0.2) is 24.3 Å². The number of benzene rings is 1. The molecule has 0 aromatic heterocycles. The Kier molecular flexibility index (Phi) is 6.27. The Morgan fingerprint density at radius 2 is 1.80 bits per heavy atom. The van der Waals surface area contributed by atoms with Crippen molar-refractivity contribution in [3.05, 3.63) is 29.8 Å². The molecule has 0 bridgehead atoms. The zero-order valence-electron chi connectivity index (χ0n) is 13.9. The van der Waals surface area contributed by atoms with Gasteiger partial charge >= 0.3 is 6.18 Å². The number of halogens is 3. The van der Waals surface area contributed by atoms with E-state index in [2.05, 4.69) is 0 Å². The third-order valence-electron chi connectivity index (χ3n) is 4.20. The van der Waals surface area contributed by atoms with Gasteiger partial charge in [0, 0.05) is 19.0 Å². The van der Waals surface area contributed by atoms with E-state index >= 15 is 0 Å². The minimum atomic E-state index is -4.41. The first-order chi connectivity index (χ1) is 11.8. The maximum atomic E-state index is 12.3. The van der Waals surface area contributed by atoms with Crippen molar-refractivity contribution in [1.29, 1.82) is 0 Å². The summed E-state index contributed by atoms with van der Waals surface area (Å²) in [5.41, 5.74) is 0.857. The van der Waals surface area contributed by atoms with Crippen molar-refractivity contribution in [2.75, 3.05) is 26.7 Å². The molecule has 0 aliphatic carbocycles. The third-order valence-corrected chi connectivity index (χ3v) is 4.20. The van der Waals surface area contributed by atoms with E-state index in [9.17, 15) is 22.8 Å². The van der Waals surface area contributed by atoms with Gasteiger partial charge in [0.1, 0.15) is 12.3 Å². The molecule has 138 valence electrons. The van der Waals surface area contributed by atoms with Crippen molar-refractivity contribution in [2.45, 2.75) is 25.4 Å². The van der Waals surface area contributed by atoms with Gasteiger partial charge < -0.3 is 15.0 Å². The lowest BCUT2D eigenvalue weighted by molar-refractivity contribution is -0.142. The van der Waals surface area contributed by atoms with E-state index in [0.717, 1.165) is 5.56 Å². The minimum absolute atomic E-state index is 0.0562. The summed E-state index contributed by atoms with van der Waals surface area (Å²) in [5.74, 6) is -0.423. The van der Waals surface area contributed by atoms with Gasteiger partial charge in [0.15, 0.2) is 0 Å². The van der Waals surface area contributed by atoms with Crippen LogP contribution in [0.1, 0.15) is 18.4 Å². The van der Waals surface area contributed by atoms with Gasteiger partial charge in [-0.05, 0) is 30.5 Å². The lowest BCUT2D eigenvalue weighted by Gasteiger charge is -2.31. The Balaban J connectivity index is 1.78. The Morgan fingerprint density at radius 3 is 2.32 bits per heavy atom. The molecular weight excluding hydrogens is 337 g/mol. The zero-order chi connectivity index (χ0) is 18.4. The number of piperidine rings is 1. The summed E-state index contributed by atoms with van der Waals surface area (Å²) in [6, 6.07) is 7.18. The maximum absolute atomic E-state index is 12.3. The summed E-state index contributed by atoms with van der Waals surface area (Å²) in [6.45, 7) is -0.569. The first-order valence-corrected chi connectivity index (χ1v) is 8.03. The standard InChI is InChI=1S/C17H21F3N2O3/c1-25-14-4-2-12(3-5-14)10-15(23)22-8-6-13(7-9-22)16(24)21-11-17(18,19)20/h2-5,13H,6-11H2,1H3,(H,21,24). The van der Waals surface area contributed by atoms with Crippen LogP contribution in [0.2, 0.25) is 0 Å². The molecule has 1 fully saturated rings. The molecule has 5 nitrogen and oxygen atoms in total. The number of alkyl halides is 3. The Morgan fingerprint density at radius 1 is 1.20 bits per heavy atom. The second kappa shape index (κ2) is 8.22. The molecule has 1 aromatic carbocycles. The summed E-state index contributed by atoms with van der Waals surface area (Å²) in [6.07, 6.45) is -3.42. The molecule has 1 heterocycles. The van der Waals surface area contributed by atoms with E-state index in [1.54, 1.807) is 24.1 Å². The largest absolute Gasteiger partial charge is 0.497 e. The fourth-order valence-corrected chi connectivity index (χ4v) is 2.75. The van der Waals surface area contributed by atoms with Crippen LogP contribution in [0, 0.1) is 5.92 Å². The molecule has 1 aliphatic rings. The highest BCUT2D eigenvalue weighted by Gasteiger charge is 2.31. The minimum Gasteiger partial charge on any atom is -0.497 e. The van der Waals surface area contributed by atoms with Crippen molar-refractivity contribution in [1.82, 2.24) is 10.2 Å². The highest BCUT2D eigenvalue weighted by Crippen LogP contribution is 2.20. The number of hydrogen-bond acceptors (Lipinski definition) is 3. The fourth-order valence-electron chi connectivity index (χ4n) is 2.75. The van der Waals surface area contributed by atoms with Crippen LogP contribution >= 0.6 is 0 Å². The topological polar surface area (TPSA) is 58.6 Å². The van der Waals surface area contributed by atoms with Crippen molar-refractivity contribution in [3.63, 3.8) is 0 Å². The summed E-state index contributed by atoms with van der Waals surface area (Å²) in [4.78, 5) is 25.7. The number of likely N-dealkylation sites (tertiary alicyclic amines) is 1. The number of amides is 2. The molecule has 0 atom stereocenters. The number of carbonyl (C=O) groups excluding carboxylic acids is 2. The predicted molar refractivity (Wildman–Crippen MR) is 85.1 cm³/mol. The van der Waals surface area contributed by atoms with Crippen molar-refractivity contribution < 1.29 is 27.5 Å². The average molecular weight is 358 g/mol. The van der Waals surface area contributed by atoms with Gasteiger partial charge in [-0.1, -0.05) is 12.1 Å². The molecule has 8 heteroatoms. The third kappa shape index (κ3) is 5.95. The normalized spacial score (nSPS) is 15.8. The van der Waals surface area contributed by atoms with Crippen molar-refractivity contribution in [2.24, 2.45) is 5.92 Å². The van der Waals surface area contributed by atoms with Crippen LogP contribution in [-0.2, 0) is 16.0 Å². The van der Waals surface area contributed by atoms with Crippen LogP contribution in [0.25, 0.3) is 0 Å². The molecule has 0 saturated carbocycles. The van der Waals surface area contributed by atoms with Gasteiger partial charge in [0.2, 0.25) is 11.8 Å². The molecule has 0 unspecified atom stereocenters. The molecule has 1 aliphatic heterocycles. The van der Waals surface area contributed by atoms with E-state index in [1.807, 2.05) is 17.4 Å². The van der Waals surface area contributed by atoms with Crippen LogP contribution in [0.3, 0.4) is 0 Å². The number of ether oxygens (including phenoxy) is 1. The van der Waals surface area contributed by atoms with Crippen molar-refractivity contribution in [3.8, 4) is 5.75 Å². The highest BCUT2D eigenvalue weighted by atomic mass is 19.4. The van der Waals surface area contributed by atoms with Gasteiger partial charge in [0.05, 0.1) is 13.5 Å². The monoisotopic (exact) mass is 358 g/mol. The van der Waals surface area contributed by atoms with E-state index in [0.29, 0.717) is 31.7 Å². The second-order valence-corrected chi connectivity index (χ2v) is 6.01. The predicted octanol–water partition coefficient (Wildman–Crippen LogP) is 2.15. The number of rotatable bonds is 5. The smallest absolute Gasteiger partial charge is 0.405 e. The lowest BCUT2D eigenvalue weighted by atomic mass is 9.95. The number of methoxy groups -OCH3 is 1. The van der Waals surface area contributed by atoms with Gasteiger partial charge in [-0.2, -0.15) is 13.2 Å². The zero-order valence-corrected chi connectivity index (χ0v) is 13.9. The molecule has 25 heavy (non-hydrogen) atoms. The van der Waals surface area contributed by atoms with Gasteiger partial charge in [-0.25, -0.2) is 0 Å². The number of nitrogens with zero attached hydrogens (tertiary/aromatic N) is 1. The molecule has 2 rings (SSSR count). The maximum Gasteiger partial charge on any atom is 0.405 e. The first kappa shape index (κ1) is 19.1. The molecule has 0 spiro atoms. The van der Waals surface area contributed by atoms with Gasteiger partial charge in [-0.15, -0.1) is 0 Å². The van der Waals surface area contributed by atoms with E-state index in [4.69, 9.17) is 4.74 Å². The van der Waals surface area contributed by atoms with E-state index < -0.39 is 24.5 Å². The Hall–Kier alpha value is -2.25. The second-order valence-electron chi connectivity index (χ2n) is 6.01. The van der Waals surface area contributed by atoms with Crippen LogP contribution in [-0.4, -0.2) is 49.6 Å². The molecule has 1 saturated heterocycles. The quantitative estimate of drug-likeness (QED) is 0.878. The fraction of sp³-hybridized carbons (Fsp3) is 0.529. The van der Waals surface area contributed by atoms with Gasteiger partial charge in [0.25, 0.3) is 0 Å². The van der Waals surface area contributed by atoms with Crippen LogP contribution < -0.4 is 10.1 Å².